The molecule has 0 radical (unpaired) electrons. The molecular weight excluding hydrogens is 412 g/mol. The van der Waals surface area contributed by atoms with Crippen LogP contribution in [0.2, 0.25) is 0 Å². The van der Waals surface area contributed by atoms with Gasteiger partial charge in [-0.3, -0.25) is 4.79 Å². The monoisotopic (exact) mass is 442 g/mol. The molecule has 0 aliphatic carbocycles. The molecule has 2 heterocycles. The number of benzene rings is 1. The van der Waals surface area contributed by atoms with Gasteiger partial charge in [0.05, 0.1) is 18.7 Å². The van der Waals surface area contributed by atoms with Crippen LogP contribution in [0, 0.1) is 6.92 Å². The van der Waals surface area contributed by atoms with Crippen LogP contribution < -0.4 is 21.7 Å². The van der Waals surface area contributed by atoms with Crippen LogP contribution in [0.5, 0.6) is 0 Å². The molecule has 1 aliphatic rings. The number of hydrogen-bond donors (Lipinski definition) is 4. The van der Waals surface area contributed by atoms with E-state index in [9.17, 15) is 9.59 Å². The first-order chi connectivity index (χ1) is 15.1. The number of anilines is 3. The molecule has 1 saturated heterocycles. The summed E-state index contributed by atoms with van der Waals surface area (Å²) in [5.74, 6) is -0.0447. The summed E-state index contributed by atoms with van der Waals surface area (Å²) in [7, 11) is 0. The van der Waals surface area contributed by atoms with Crippen LogP contribution in [0.3, 0.4) is 0 Å². The van der Waals surface area contributed by atoms with Gasteiger partial charge in [-0.2, -0.15) is 4.98 Å². The van der Waals surface area contributed by atoms with Gasteiger partial charge in [0, 0.05) is 18.5 Å². The van der Waals surface area contributed by atoms with E-state index in [1.165, 1.54) is 6.20 Å². The summed E-state index contributed by atoms with van der Waals surface area (Å²) in [6, 6.07) is 7.13. The molecule has 172 valence electrons. The smallest absolute Gasteiger partial charge is 0.408 e. The molecule has 1 aromatic heterocycles. The Morgan fingerprint density at radius 3 is 2.56 bits per heavy atom. The molecule has 0 bridgehead atoms. The number of alkyl carbamates (subject to hydrolysis) is 1. The van der Waals surface area contributed by atoms with Crippen LogP contribution in [-0.2, 0) is 9.47 Å². The fourth-order valence-corrected chi connectivity index (χ4v) is 3.18. The largest absolute Gasteiger partial charge is 0.444 e. The first-order valence-electron chi connectivity index (χ1n) is 10.4. The summed E-state index contributed by atoms with van der Waals surface area (Å²) in [6.07, 6.45) is 1.48. The normalized spacial score (nSPS) is 18.5. The molecule has 0 spiro atoms. The second-order valence-corrected chi connectivity index (χ2v) is 8.68. The highest BCUT2D eigenvalue weighted by Gasteiger charge is 2.30. The first kappa shape index (κ1) is 23.3. The summed E-state index contributed by atoms with van der Waals surface area (Å²) in [5, 5.41) is 9.20. The van der Waals surface area contributed by atoms with Crippen LogP contribution in [-0.4, -0.2) is 52.9 Å². The third kappa shape index (κ3) is 6.55. The van der Waals surface area contributed by atoms with Gasteiger partial charge in [0.2, 0.25) is 5.95 Å². The number of ether oxygens (including phenoxy) is 2. The lowest BCUT2D eigenvalue weighted by atomic mass is 10.0. The summed E-state index contributed by atoms with van der Waals surface area (Å²) < 4.78 is 10.9. The minimum atomic E-state index is -0.637. The second-order valence-electron chi connectivity index (χ2n) is 8.68. The zero-order valence-corrected chi connectivity index (χ0v) is 18.8. The van der Waals surface area contributed by atoms with Gasteiger partial charge in [0.15, 0.2) is 0 Å². The van der Waals surface area contributed by atoms with Gasteiger partial charge in [-0.25, -0.2) is 9.78 Å². The van der Waals surface area contributed by atoms with Crippen LogP contribution in [0.4, 0.5) is 22.2 Å². The maximum atomic E-state index is 12.2. The summed E-state index contributed by atoms with van der Waals surface area (Å²) in [5.41, 5.74) is 6.94. The van der Waals surface area contributed by atoms with Crippen molar-refractivity contribution in [3.05, 3.63) is 41.6 Å². The van der Waals surface area contributed by atoms with E-state index in [4.69, 9.17) is 15.2 Å². The molecule has 2 aromatic rings. The molecule has 0 saturated carbocycles. The van der Waals surface area contributed by atoms with Gasteiger partial charge >= 0.3 is 6.09 Å². The lowest BCUT2D eigenvalue weighted by Crippen LogP contribution is -2.53. The number of carbonyl (C=O) groups excluding carboxylic acids is 2. The Morgan fingerprint density at radius 1 is 1.19 bits per heavy atom. The lowest BCUT2D eigenvalue weighted by molar-refractivity contribution is 0.0317. The van der Waals surface area contributed by atoms with E-state index in [2.05, 4.69) is 25.9 Å². The average Bonchev–Trinajstić information content (AvgIpc) is 2.70. The Balaban J connectivity index is 1.76. The quantitative estimate of drug-likeness (QED) is 0.535. The average molecular weight is 443 g/mol. The van der Waals surface area contributed by atoms with Crippen LogP contribution >= 0.6 is 0 Å². The van der Waals surface area contributed by atoms with Gasteiger partial charge in [-0.05, 0) is 46.2 Å². The molecule has 0 unspecified atom stereocenters. The summed E-state index contributed by atoms with van der Waals surface area (Å²) >= 11 is 0. The van der Waals surface area contributed by atoms with Crippen molar-refractivity contribution in [1.29, 1.82) is 0 Å². The standard InChI is InChI=1S/C22H30N6O4/c1-13-5-7-14(8-6-13)25-19-15(18(23)29)11-24-20(28-19)26-16-9-10-31-12-17(16)27-21(30)32-22(2,3)4/h5-8,11,16-17H,9-10,12H2,1-4H3,(H2,23,29)(H,27,30)(H2,24,25,26,28)/t16-,17+/m1/s1. The Bertz CT molecular complexity index is 958. The highest BCUT2D eigenvalue weighted by molar-refractivity contribution is 5.98. The molecule has 5 N–H and O–H groups in total. The zero-order chi connectivity index (χ0) is 23.3. The zero-order valence-electron chi connectivity index (χ0n) is 18.8. The summed E-state index contributed by atoms with van der Waals surface area (Å²) in [4.78, 5) is 32.8. The van der Waals surface area contributed by atoms with Crippen molar-refractivity contribution in [2.75, 3.05) is 23.8 Å². The van der Waals surface area contributed by atoms with E-state index in [1.807, 2.05) is 31.2 Å². The molecule has 1 fully saturated rings. The molecule has 1 aromatic carbocycles. The molecule has 1 aliphatic heterocycles. The minimum absolute atomic E-state index is 0.173. The second kappa shape index (κ2) is 9.82. The summed E-state index contributed by atoms with van der Waals surface area (Å²) in [6.45, 7) is 8.24. The van der Waals surface area contributed by atoms with E-state index in [0.29, 0.717) is 31.4 Å². The third-order valence-corrected chi connectivity index (χ3v) is 4.74. The van der Waals surface area contributed by atoms with Gasteiger partial charge in [0.25, 0.3) is 5.91 Å². The van der Waals surface area contributed by atoms with Crippen LogP contribution in [0.25, 0.3) is 0 Å². The fourth-order valence-electron chi connectivity index (χ4n) is 3.18. The number of nitrogens with two attached hydrogens (primary N) is 1. The van der Waals surface area contributed by atoms with E-state index in [-0.39, 0.29) is 17.6 Å². The molecule has 2 atom stereocenters. The fraction of sp³-hybridized carbons (Fsp3) is 0.455. The number of carbonyl (C=O) groups is 2. The predicted molar refractivity (Wildman–Crippen MR) is 121 cm³/mol. The van der Waals surface area contributed by atoms with Crippen molar-refractivity contribution in [3.63, 3.8) is 0 Å². The number of hydrogen-bond acceptors (Lipinski definition) is 8. The predicted octanol–water partition coefficient (Wildman–Crippen LogP) is 2.72. The highest BCUT2D eigenvalue weighted by atomic mass is 16.6. The lowest BCUT2D eigenvalue weighted by Gasteiger charge is -2.33. The van der Waals surface area contributed by atoms with Gasteiger partial charge in [-0.15, -0.1) is 0 Å². The Labute approximate surface area is 187 Å². The topological polar surface area (TPSA) is 140 Å². The Morgan fingerprint density at radius 2 is 1.91 bits per heavy atom. The molecule has 3 rings (SSSR count). The van der Waals surface area contributed by atoms with Crippen molar-refractivity contribution >= 4 is 29.5 Å². The maximum absolute atomic E-state index is 12.2. The molecule has 10 nitrogen and oxygen atoms in total. The maximum Gasteiger partial charge on any atom is 0.408 e. The van der Waals surface area contributed by atoms with Crippen molar-refractivity contribution in [2.45, 2.75) is 51.8 Å². The number of rotatable bonds is 6. The Kier molecular flexibility index (Phi) is 7.14. The van der Waals surface area contributed by atoms with Gasteiger partial charge in [0.1, 0.15) is 17.0 Å². The van der Waals surface area contributed by atoms with Gasteiger partial charge < -0.3 is 31.2 Å². The van der Waals surface area contributed by atoms with Crippen molar-refractivity contribution < 1.29 is 19.1 Å². The van der Waals surface area contributed by atoms with Crippen LogP contribution in [0.1, 0.15) is 43.1 Å². The van der Waals surface area contributed by atoms with Crippen molar-refractivity contribution in [3.8, 4) is 0 Å². The Hall–Kier alpha value is -3.40. The number of aromatic nitrogens is 2. The highest BCUT2D eigenvalue weighted by Crippen LogP contribution is 2.21. The molecular formula is C22H30N6O4. The van der Waals surface area contributed by atoms with E-state index in [1.54, 1.807) is 20.8 Å². The SMILES string of the molecule is Cc1ccc(Nc2nc(N[C@@H]3CCOC[C@@H]3NC(=O)OC(C)(C)C)ncc2C(N)=O)cc1. The molecule has 10 heteroatoms. The molecule has 32 heavy (non-hydrogen) atoms. The third-order valence-electron chi connectivity index (χ3n) is 4.74. The van der Waals surface area contributed by atoms with Gasteiger partial charge in [-0.1, -0.05) is 17.7 Å². The number of amides is 2. The number of nitrogens with zero attached hydrogens (tertiary/aromatic N) is 2. The number of aryl methyl sites for hydroxylation is 1. The number of primary amides is 1. The van der Waals surface area contributed by atoms with E-state index in [0.717, 1.165) is 11.3 Å². The van der Waals surface area contributed by atoms with Crippen LogP contribution in [0.15, 0.2) is 30.5 Å². The van der Waals surface area contributed by atoms with E-state index < -0.39 is 17.6 Å². The molecule has 2 amide bonds. The van der Waals surface area contributed by atoms with Crippen molar-refractivity contribution in [2.24, 2.45) is 5.73 Å². The van der Waals surface area contributed by atoms with Crippen molar-refractivity contribution in [1.82, 2.24) is 15.3 Å². The first-order valence-corrected chi connectivity index (χ1v) is 10.4. The van der Waals surface area contributed by atoms with E-state index >= 15 is 0 Å². The minimum Gasteiger partial charge on any atom is -0.444 e. The number of nitrogens with one attached hydrogen (secondary N) is 3.